The van der Waals surface area contributed by atoms with Crippen molar-refractivity contribution < 1.29 is 9.53 Å². The summed E-state index contributed by atoms with van der Waals surface area (Å²) in [6.45, 7) is 3.25. The normalized spacial score (nSPS) is 24.3. The number of aliphatic imine (C=N–C) groups is 1. The second kappa shape index (κ2) is 5.99. The SMILES string of the molecule is C[C@H](N=C1NC(=O)C2(CCOCC2)S1)c1ccccc1Cl. The Morgan fingerprint density at radius 1 is 1.38 bits per heavy atom. The third-order valence-corrected chi connectivity index (χ3v) is 5.62. The van der Waals surface area contributed by atoms with Crippen LogP contribution in [-0.2, 0) is 9.53 Å². The van der Waals surface area contributed by atoms with Crippen LogP contribution in [0.3, 0.4) is 0 Å². The van der Waals surface area contributed by atoms with Gasteiger partial charge in [0.1, 0.15) is 4.75 Å². The lowest BCUT2D eigenvalue weighted by atomic mass is 9.98. The number of hydrogen-bond donors (Lipinski definition) is 1. The molecule has 2 aliphatic rings. The number of hydrogen-bond acceptors (Lipinski definition) is 4. The zero-order chi connectivity index (χ0) is 14.9. The minimum absolute atomic E-state index is 0.0564. The van der Waals surface area contributed by atoms with Crippen LogP contribution in [0.4, 0.5) is 0 Å². The van der Waals surface area contributed by atoms with Crippen molar-refractivity contribution in [3.05, 3.63) is 34.9 Å². The summed E-state index contributed by atoms with van der Waals surface area (Å²) in [4.78, 5) is 16.9. The highest BCUT2D eigenvalue weighted by Crippen LogP contribution is 2.41. The van der Waals surface area contributed by atoms with Crippen molar-refractivity contribution in [2.75, 3.05) is 13.2 Å². The molecule has 1 N–H and O–H groups in total. The number of carbonyl (C=O) groups is 1. The maximum absolute atomic E-state index is 12.3. The van der Waals surface area contributed by atoms with Crippen molar-refractivity contribution in [2.24, 2.45) is 4.99 Å². The van der Waals surface area contributed by atoms with Gasteiger partial charge in [-0.1, -0.05) is 41.6 Å². The van der Waals surface area contributed by atoms with E-state index >= 15 is 0 Å². The fourth-order valence-electron chi connectivity index (χ4n) is 2.62. The van der Waals surface area contributed by atoms with Gasteiger partial charge in [0.2, 0.25) is 5.91 Å². The van der Waals surface area contributed by atoms with E-state index in [-0.39, 0.29) is 11.9 Å². The van der Waals surface area contributed by atoms with Crippen LogP contribution in [0.5, 0.6) is 0 Å². The molecule has 0 aromatic heterocycles. The summed E-state index contributed by atoms with van der Waals surface area (Å²) in [6, 6.07) is 7.57. The Balaban J connectivity index is 1.79. The molecular weight excluding hydrogens is 308 g/mol. The molecule has 4 nitrogen and oxygen atoms in total. The fourth-order valence-corrected chi connectivity index (χ4v) is 4.15. The largest absolute Gasteiger partial charge is 0.381 e. The molecule has 1 aromatic rings. The van der Waals surface area contributed by atoms with Gasteiger partial charge in [-0.15, -0.1) is 0 Å². The number of carbonyl (C=O) groups excluding carboxylic acids is 1. The average Bonchev–Trinajstić information content (AvgIpc) is 2.75. The van der Waals surface area contributed by atoms with Gasteiger partial charge in [0, 0.05) is 18.2 Å². The molecular formula is C15H17ClN2O2S. The van der Waals surface area contributed by atoms with Crippen molar-refractivity contribution in [3.63, 3.8) is 0 Å². The van der Waals surface area contributed by atoms with E-state index in [1.54, 1.807) is 0 Å². The molecule has 2 aliphatic heterocycles. The molecule has 0 saturated carbocycles. The van der Waals surface area contributed by atoms with Gasteiger partial charge in [0.15, 0.2) is 5.17 Å². The molecule has 1 atom stereocenters. The van der Waals surface area contributed by atoms with E-state index in [0.29, 0.717) is 23.4 Å². The smallest absolute Gasteiger partial charge is 0.242 e. The quantitative estimate of drug-likeness (QED) is 0.909. The lowest BCUT2D eigenvalue weighted by molar-refractivity contribution is -0.123. The van der Waals surface area contributed by atoms with E-state index in [2.05, 4.69) is 10.3 Å². The molecule has 3 rings (SSSR count). The van der Waals surface area contributed by atoms with Crippen LogP contribution in [0, 0.1) is 0 Å². The Bertz CT molecular complexity index is 585. The molecule has 1 aromatic carbocycles. The fraction of sp³-hybridized carbons (Fsp3) is 0.467. The molecule has 0 bridgehead atoms. The Morgan fingerprint density at radius 3 is 2.81 bits per heavy atom. The van der Waals surface area contributed by atoms with E-state index in [0.717, 1.165) is 18.4 Å². The zero-order valence-corrected chi connectivity index (χ0v) is 13.3. The first-order chi connectivity index (χ1) is 10.1. The molecule has 0 radical (unpaired) electrons. The first-order valence-electron chi connectivity index (χ1n) is 7.01. The molecule has 6 heteroatoms. The van der Waals surface area contributed by atoms with E-state index in [1.165, 1.54) is 11.8 Å². The van der Waals surface area contributed by atoms with Crippen LogP contribution in [0.2, 0.25) is 5.02 Å². The standard InChI is InChI=1S/C15H17ClN2O2S/c1-10(11-4-2-3-5-12(11)16)17-14-18-13(19)15(21-14)6-8-20-9-7-15/h2-5,10H,6-9H2,1H3,(H,17,18,19)/t10-/m0/s1. The minimum Gasteiger partial charge on any atom is -0.381 e. The van der Waals surface area contributed by atoms with E-state index in [9.17, 15) is 4.79 Å². The molecule has 112 valence electrons. The lowest BCUT2D eigenvalue weighted by Crippen LogP contribution is -2.41. The summed E-state index contributed by atoms with van der Waals surface area (Å²) in [5.74, 6) is 0.0564. The number of benzene rings is 1. The maximum atomic E-state index is 12.3. The van der Waals surface area contributed by atoms with Gasteiger partial charge in [0.25, 0.3) is 0 Å². The Kier molecular flexibility index (Phi) is 4.24. The highest BCUT2D eigenvalue weighted by atomic mass is 35.5. The molecule has 1 spiro atoms. The van der Waals surface area contributed by atoms with Gasteiger partial charge < -0.3 is 10.1 Å². The van der Waals surface area contributed by atoms with Gasteiger partial charge >= 0.3 is 0 Å². The Labute approximate surface area is 133 Å². The van der Waals surface area contributed by atoms with Crippen LogP contribution >= 0.6 is 23.4 Å². The van der Waals surface area contributed by atoms with Crippen LogP contribution < -0.4 is 5.32 Å². The zero-order valence-electron chi connectivity index (χ0n) is 11.8. The van der Waals surface area contributed by atoms with Gasteiger partial charge in [-0.25, -0.2) is 0 Å². The first kappa shape index (κ1) is 14.9. The van der Waals surface area contributed by atoms with Crippen LogP contribution in [0.15, 0.2) is 29.3 Å². The summed E-state index contributed by atoms with van der Waals surface area (Å²) in [5, 5.41) is 4.30. The summed E-state index contributed by atoms with van der Waals surface area (Å²) >= 11 is 7.73. The molecule has 0 aliphatic carbocycles. The van der Waals surface area contributed by atoms with E-state index in [4.69, 9.17) is 16.3 Å². The summed E-state index contributed by atoms with van der Waals surface area (Å²) in [7, 11) is 0. The van der Waals surface area contributed by atoms with Gasteiger partial charge in [0.05, 0.1) is 6.04 Å². The molecule has 2 heterocycles. The van der Waals surface area contributed by atoms with E-state index < -0.39 is 4.75 Å². The van der Waals surface area contributed by atoms with E-state index in [1.807, 2.05) is 31.2 Å². The monoisotopic (exact) mass is 324 g/mol. The summed E-state index contributed by atoms with van der Waals surface area (Å²) < 4.78 is 4.96. The van der Waals surface area contributed by atoms with Crippen LogP contribution in [0.25, 0.3) is 0 Å². The third-order valence-electron chi connectivity index (χ3n) is 3.89. The highest BCUT2D eigenvalue weighted by Gasteiger charge is 2.47. The van der Waals surface area contributed by atoms with Crippen molar-refractivity contribution >= 4 is 34.4 Å². The topological polar surface area (TPSA) is 50.7 Å². The predicted octanol–water partition coefficient (Wildman–Crippen LogP) is 3.17. The number of ether oxygens (including phenoxy) is 1. The van der Waals surface area contributed by atoms with Crippen LogP contribution in [-0.4, -0.2) is 29.0 Å². The van der Waals surface area contributed by atoms with Gasteiger partial charge in [-0.3, -0.25) is 9.79 Å². The Morgan fingerprint density at radius 2 is 2.10 bits per heavy atom. The number of halogens is 1. The predicted molar refractivity (Wildman–Crippen MR) is 85.8 cm³/mol. The van der Waals surface area contributed by atoms with Crippen LogP contribution in [0.1, 0.15) is 31.4 Å². The molecule has 21 heavy (non-hydrogen) atoms. The Hall–Kier alpha value is -1.04. The molecule has 2 fully saturated rings. The number of amides is 1. The van der Waals surface area contributed by atoms with Crippen molar-refractivity contribution in [1.29, 1.82) is 0 Å². The maximum Gasteiger partial charge on any atom is 0.242 e. The average molecular weight is 325 g/mol. The number of amidine groups is 1. The molecule has 1 amide bonds. The second-order valence-electron chi connectivity index (χ2n) is 5.29. The molecule has 2 saturated heterocycles. The van der Waals surface area contributed by atoms with Crippen molar-refractivity contribution in [2.45, 2.75) is 30.6 Å². The third kappa shape index (κ3) is 2.96. The second-order valence-corrected chi connectivity index (χ2v) is 7.07. The summed E-state index contributed by atoms with van der Waals surface area (Å²) in [5.41, 5.74) is 0.967. The van der Waals surface area contributed by atoms with Crippen molar-refractivity contribution in [3.8, 4) is 0 Å². The number of rotatable bonds is 2. The number of thioether (sulfide) groups is 1. The summed E-state index contributed by atoms with van der Waals surface area (Å²) in [6.07, 6.45) is 1.48. The van der Waals surface area contributed by atoms with Gasteiger partial charge in [-0.05, 0) is 31.4 Å². The number of nitrogens with zero attached hydrogens (tertiary/aromatic N) is 1. The molecule has 0 unspecified atom stereocenters. The van der Waals surface area contributed by atoms with Crippen molar-refractivity contribution in [1.82, 2.24) is 5.32 Å². The first-order valence-corrected chi connectivity index (χ1v) is 8.21. The number of nitrogens with one attached hydrogen (secondary N) is 1. The van der Waals surface area contributed by atoms with Gasteiger partial charge in [-0.2, -0.15) is 0 Å². The minimum atomic E-state index is -0.392. The highest BCUT2D eigenvalue weighted by molar-refractivity contribution is 8.16. The lowest BCUT2D eigenvalue weighted by Gasteiger charge is -2.28.